The van der Waals surface area contributed by atoms with Crippen LogP contribution in [0, 0.1) is 17.3 Å². The summed E-state index contributed by atoms with van der Waals surface area (Å²) >= 11 is 0. The van der Waals surface area contributed by atoms with Crippen molar-refractivity contribution in [3.8, 4) is 5.75 Å². The van der Waals surface area contributed by atoms with E-state index in [-0.39, 0.29) is 10.5 Å². The Bertz CT molecular complexity index is 753. The monoisotopic (exact) mass is 402 g/mol. The zero-order chi connectivity index (χ0) is 20.5. The van der Waals surface area contributed by atoms with Crippen molar-refractivity contribution in [1.82, 2.24) is 0 Å². The molecule has 0 bridgehead atoms. The van der Waals surface area contributed by atoms with Gasteiger partial charge in [-0.05, 0) is 96.7 Å². The van der Waals surface area contributed by atoms with Gasteiger partial charge in [-0.2, -0.15) is 0 Å². The normalized spacial score (nSPS) is 37.8. The zero-order valence-corrected chi connectivity index (χ0v) is 19.5. The van der Waals surface area contributed by atoms with Gasteiger partial charge in [-0.1, -0.05) is 33.8 Å². The smallest absolute Gasteiger partial charge is 0.250 e. The zero-order valence-electron chi connectivity index (χ0n) is 18.5. The lowest BCUT2D eigenvalue weighted by Crippen LogP contribution is -2.45. The average molecular weight is 403 g/mol. The van der Waals surface area contributed by atoms with Crippen molar-refractivity contribution in [2.24, 2.45) is 17.3 Å². The first kappa shape index (κ1) is 20.4. The first-order valence-corrected chi connectivity index (χ1v) is 14.0. The lowest BCUT2D eigenvalue weighted by Gasteiger charge is -2.50. The Hall–Kier alpha value is -0.843. The molecule has 4 heteroatoms. The Labute approximate surface area is 171 Å². The molecule has 1 aromatic carbocycles. The van der Waals surface area contributed by atoms with Crippen molar-refractivity contribution in [1.29, 1.82) is 0 Å². The molecule has 0 aliphatic heterocycles. The van der Waals surface area contributed by atoms with Crippen molar-refractivity contribution in [2.45, 2.75) is 96.1 Å². The second-order valence-electron chi connectivity index (χ2n) is 11.4. The van der Waals surface area contributed by atoms with Gasteiger partial charge in [0.2, 0.25) is 8.32 Å². The van der Waals surface area contributed by atoms with Crippen molar-refractivity contribution < 1.29 is 14.6 Å². The molecule has 2 saturated carbocycles. The summed E-state index contributed by atoms with van der Waals surface area (Å²) in [5.41, 5.74) is 2.85. The van der Waals surface area contributed by atoms with E-state index in [1.165, 1.54) is 17.5 Å². The molecule has 1 aromatic rings. The Balaban J connectivity index is 1.59. The number of aliphatic hydroxyl groups is 2. The molecule has 0 spiro atoms. The Morgan fingerprint density at radius 3 is 2.54 bits per heavy atom. The number of benzene rings is 1. The molecular formula is C24H38O3Si. The van der Waals surface area contributed by atoms with Crippen LogP contribution in [0.2, 0.25) is 18.1 Å². The molecule has 3 aliphatic carbocycles. The Kier molecular flexibility index (Phi) is 4.80. The van der Waals surface area contributed by atoms with Crippen LogP contribution >= 0.6 is 0 Å². The summed E-state index contributed by atoms with van der Waals surface area (Å²) in [6, 6.07) is 6.81. The lowest BCUT2D eigenvalue weighted by atomic mass is 9.55. The van der Waals surface area contributed by atoms with Crippen LogP contribution in [-0.4, -0.2) is 30.7 Å². The molecule has 156 valence electrons. The largest absolute Gasteiger partial charge is 0.543 e. The lowest BCUT2D eigenvalue weighted by molar-refractivity contribution is -0.0505. The number of aliphatic hydroxyl groups excluding tert-OH is 2. The molecular weight excluding hydrogens is 364 g/mol. The van der Waals surface area contributed by atoms with Gasteiger partial charge >= 0.3 is 0 Å². The summed E-state index contributed by atoms with van der Waals surface area (Å²) < 4.78 is 6.55. The van der Waals surface area contributed by atoms with Crippen LogP contribution in [0.5, 0.6) is 5.75 Å². The van der Waals surface area contributed by atoms with Crippen molar-refractivity contribution in [2.75, 3.05) is 0 Å². The minimum atomic E-state index is -1.82. The Morgan fingerprint density at radius 1 is 1.14 bits per heavy atom. The first-order chi connectivity index (χ1) is 12.9. The van der Waals surface area contributed by atoms with Crippen LogP contribution in [0.4, 0.5) is 0 Å². The molecule has 0 aromatic heterocycles. The quantitative estimate of drug-likeness (QED) is 0.664. The van der Waals surface area contributed by atoms with Gasteiger partial charge in [-0.15, -0.1) is 0 Å². The standard InChI is InChI=1S/C24H38O3Si/c1-23(2,3)28(5,6)27-16-8-10-17-15(13-16)7-9-19-18(17)11-12-24(4)20(19)14-21(25)22(24)26/h8,10,13,18-22,25-26H,7,9,11-12,14H2,1-6H3. The van der Waals surface area contributed by atoms with E-state index in [0.29, 0.717) is 17.8 Å². The molecule has 0 saturated heterocycles. The Morgan fingerprint density at radius 2 is 1.86 bits per heavy atom. The minimum absolute atomic E-state index is 0.108. The SMILES string of the molecule is CC12CCC3c4ccc(O[Si](C)(C)C(C)(C)C)cc4CCC3C1CC(O)C2O. The van der Waals surface area contributed by atoms with Crippen LogP contribution in [0.3, 0.4) is 0 Å². The maximum atomic E-state index is 10.6. The molecule has 3 nitrogen and oxygen atoms in total. The minimum Gasteiger partial charge on any atom is -0.543 e. The van der Waals surface area contributed by atoms with E-state index in [0.717, 1.165) is 31.4 Å². The number of fused-ring (bicyclic) bond motifs is 5. The van der Waals surface area contributed by atoms with Gasteiger partial charge in [0.25, 0.3) is 0 Å². The van der Waals surface area contributed by atoms with Crippen molar-refractivity contribution >= 4 is 8.32 Å². The van der Waals surface area contributed by atoms with Crippen LogP contribution < -0.4 is 4.43 Å². The van der Waals surface area contributed by atoms with Gasteiger partial charge in [0.1, 0.15) is 5.75 Å². The fourth-order valence-electron chi connectivity index (χ4n) is 6.06. The molecule has 28 heavy (non-hydrogen) atoms. The molecule has 2 N–H and O–H groups in total. The molecule has 0 heterocycles. The third-order valence-corrected chi connectivity index (χ3v) is 13.2. The van der Waals surface area contributed by atoms with E-state index in [1.54, 1.807) is 0 Å². The fraction of sp³-hybridized carbons (Fsp3) is 0.750. The second kappa shape index (κ2) is 6.58. The number of rotatable bonds is 2. The fourth-order valence-corrected chi connectivity index (χ4v) is 7.08. The molecule has 2 fully saturated rings. The average Bonchev–Trinajstić information content (AvgIpc) is 2.84. The van der Waals surface area contributed by atoms with Crippen LogP contribution in [0.1, 0.15) is 70.4 Å². The highest BCUT2D eigenvalue weighted by Crippen LogP contribution is 2.61. The van der Waals surface area contributed by atoms with Crippen molar-refractivity contribution in [3.63, 3.8) is 0 Å². The van der Waals surface area contributed by atoms with Gasteiger partial charge in [0, 0.05) is 0 Å². The van der Waals surface area contributed by atoms with Crippen LogP contribution in [0.25, 0.3) is 0 Å². The van der Waals surface area contributed by atoms with E-state index in [1.807, 2.05) is 0 Å². The highest BCUT2D eigenvalue weighted by molar-refractivity contribution is 6.74. The summed E-state index contributed by atoms with van der Waals surface area (Å²) in [6.45, 7) is 13.7. The topological polar surface area (TPSA) is 49.7 Å². The predicted octanol–water partition coefficient (Wildman–Crippen LogP) is 5.26. The second-order valence-corrected chi connectivity index (χ2v) is 16.2. The maximum absolute atomic E-state index is 10.6. The summed E-state index contributed by atoms with van der Waals surface area (Å²) in [5.74, 6) is 2.63. The highest BCUT2D eigenvalue weighted by Gasteiger charge is 2.57. The van der Waals surface area contributed by atoms with E-state index in [9.17, 15) is 10.2 Å². The first-order valence-electron chi connectivity index (χ1n) is 11.1. The molecule has 6 unspecified atom stereocenters. The number of hydrogen-bond acceptors (Lipinski definition) is 3. The number of hydrogen-bond donors (Lipinski definition) is 2. The highest BCUT2D eigenvalue weighted by atomic mass is 28.4. The maximum Gasteiger partial charge on any atom is 0.250 e. The van der Waals surface area contributed by atoms with Crippen LogP contribution in [0.15, 0.2) is 18.2 Å². The van der Waals surface area contributed by atoms with Gasteiger partial charge in [-0.25, -0.2) is 0 Å². The van der Waals surface area contributed by atoms with Crippen molar-refractivity contribution in [3.05, 3.63) is 29.3 Å². The molecule has 6 atom stereocenters. The molecule has 0 amide bonds. The van der Waals surface area contributed by atoms with Gasteiger partial charge in [0.15, 0.2) is 0 Å². The molecule has 4 rings (SSSR count). The summed E-state index contributed by atoms with van der Waals surface area (Å²) in [4.78, 5) is 0. The predicted molar refractivity (Wildman–Crippen MR) is 116 cm³/mol. The van der Waals surface area contributed by atoms with E-state index < -0.39 is 20.5 Å². The van der Waals surface area contributed by atoms with E-state index in [4.69, 9.17) is 4.43 Å². The summed E-state index contributed by atoms with van der Waals surface area (Å²) in [6.07, 6.45) is 4.05. The summed E-state index contributed by atoms with van der Waals surface area (Å²) in [7, 11) is -1.82. The number of aryl methyl sites for hydroxylation is 1. The van der Waals surface area contributed by atoms with Gasteiger partial charge < -0.3 is 14.6 Å². The third kappa shape index (κ3) is 3.07. The van der Waals surface area contributed by atoms with E-state index >= 15 is 0 Å². The van der Waals surface area contributed by atoms with Gasteiger partial charge in [0.05, 0.1) is 12.2 Å². The molecule has 3 aliphatic rings. The summed E-state index contributed by atoms with van der Waals surface area (Å²) in [5, 5.41) is 21.1. The van der Waals surface area contributed by atoms with Crippen LogP contribution in [-0.2, 0) is 6.42 Å². The molecule has 0 radical (unpaired) electrons. The van der Waals surface area contributed by atoms with Gasteiger partial charge in [-0.3, -0.25) is 0 Å². The third-order valence-electron chi connectivity index (χ3n) is 8.85. The van der Waals surface area contributed by atoms with E-state index in [2.05, 4.69) is 59.0 Å².